The van der Waals surface area contributed by atoms with Gasteiger partial charge >= 0.3 is 5.97 Å². The third-order valence-corrected chi connectivity index (χ3v) is 4.53. The van der Waals surface area contributed by atoms with E-state index >= 15 is 0 Å². The van der Waals surface area contributed by atoms with Crippen LogP contribution in [0.3, 0.4) is 0 Å². The standard InChI is InChI=1S/C21H40O2/c1-3-5-7-9-11-12-14-16-18-20(19-21(22)23)17-15-13-10-8-6-4-2/h19H,3-18H2,1-2H3,(H,22,23). The molecule has 0 saturated carbocycles. The van der Waals surface area contributed by atoms with Gasteiger partial charge in [-0.25, -0.2) is 4.79 Å². The predicted molar refractivity (Wildman–Crippen MR) is 101 cm³/mol. The summed E-state index contributed by atoms with van der Waals surface area (Å²) in [4.78, 5) is 10.9. The molecule has 0 aliphatic rings. The topological polar surface area (TPSA) is 37.3 Å². The number of hydrogen-bond donors (Lipinski definition) is 1. The Hall–Kier alpha value is -0.790. The van der Waals surface area contributed by atoms with Crippen molar-refractivity contribution in [2.45, 2.75) is 117 Å². The Morgan fingerprint density at radius 2 is 1.00 bits per heavy atom. The molecule has 2 nitrogen and oxygen atoms in total. The van der Waals surface area contributed by atoms with Crippen molar-refractivity contribution in [2.24, 2.45) is 0 Å². The Labute approximate surface area is 144 Å². The summed E-state index contributed by atoms with van der Waals surface area (Å²) in [6, 6.07) is 0. The molecule has 0 unspecified atom stereocenters. The van der Waals surface area contributed by atoms with E-state index in [-0.39, 0.29) is 0 Å². The molecule has 0 heterocycles. The number of carboxylic acids is 1. The highest BCUT2D eigenvalue weighted by Crippen LogP contribution is 2.18. The summed E-state index contributed by atoms with van der Waals surface area (Å²) in [5, 5.41) is 9.00. The van der Waals surface area contributed by atoms with E-state index in [0.717, 1.165) is 31.3 Å². The summed E-state index contributed by atoms with van der Waals surface area (Å²) in [6.45, 7) is 4.48. The summed E-state index contributed by atoms with van der Waals surface area (Å²) in [5.74, 6) is -0.773. The number of hydrogen-bond acceptors (Lipinski definition) is 1. The lowest BCUT2D eigenvalue weighted by atomic mass is 9.99. The average molecular weight is 325 g/mol. The molecule has 0 aromatic rings. The summed E-state index contributed by atoms with van der Waals surface area (Å²) in [5.41, 5.74) is 1.15. The van der Waals surface area contributed by atoms with Crippen molar-refractivity contribution in [1.29, 1.82) is 0 Å². The van der Waals surface area contributed by atoms with Crippen LogP contribution in [0, 0.1) is 0 Å². The van der Waals surface area contributed by atoms with Gasteiger partial charge in [0.05, 0.1) is 0 Å². The third-order valence-electron chi connectivity index (χ3n) is 4.53. The first kappa shape index (κ1) is 22.2. The number of aliphatic carboxylic acids is 1. The Morgan fingerprint density at radius 3 is 1.35 bits per heavy atom. The van der Waals surface area contributed by atoms with Gasteiger partial charge in [0.25, 0.3) is 0 Å². The average Bonchev–Trinajstić information content (AvgIpc) is 2.52. The van der Waals surface area contributed by atoms with E-state index in [2.05, 4.69) is 13.8 Å². The second kappa shape index (κ2) is 17.6. The van der Waals surface area contributed by atoms with Crippen molar-refractivity contribution in [3.8, 4) is 0 Å². The maximum atomic E-state index is 10.9. The Kier molecular flexibility index (Phi) is 17.0. The molecule has 0 rings (SSSR count). The van der Waals surface area contributed by atoms with Crippen LogP contribution >= 0.6 is 0 Å². The fraction of sp³-hybridized carbons (Fsp3) is 0.857. The zero-order chi connectivity index (χ0) is 17.2. The number of rotatable bonds is 17. The molecule has 0 aliphatic carbocycles. The second-order valence-electron chi connectivity index (χ2n) is 6.88. The Bertz CT molecular complexity index is 294. The first-order valence-corrected chi connectivity index (χ1v) is 10.1. The molecule has 0 radical (unpaired) electrons. The molecule has 0 amide bonds. The van der Waals surface area contributed by atoms with Gasteiger partial charge in [-0.05, 0) is 25.7 Å². The predicted octanol–water partition coefficient (Wildman–Crippen LogP) is 7.28. The SMILES string of the molecule is CCCCCCCCCCC(=CC(=O)O)CCCCCCCC. The van der Waals surface area contributed by atoms with Crippen LogP contribution in [0.1, 0.15) is 117 Å². The Morgan fingerprint density at radius 1 is 0.652 bits per heavy atom. The van der Waals surface area contributed by atoms with Gasteiger partial charge in [0.15, 0.2) is 0 Å². The van der Waals surface area contributed by atoms with Crippen LogP contribution in [0.15, 0.2) is 11.6 Å². The third kappa shape index (κ3) is 17.4. The highest BCUT2D eigenvalue weighted by Gasteiger charge is 2.02. The van der Waals surface area contributed by atoms with E-state index in [1.807, 2.05) is 0 Å². The number of carbonyl (C=O) groups is 1. The van der Waals surface area contributed by atoms with Crippen molar-refractivity contribution in [2.75, 3.05) is 0 Å². The maximum absolute atomic E-state index is 10.9. The number of allylic oxidation sites excluding steroid dienone is 1. The molecule has 0 spiro atoms. The lowest BCUT2D eigenvalue weighted by Crippen LogP contribution is -1.94. The van der Waals surface area contributed by atoms with Gasteiger partial charge in [-0.3, -0.25) is 0 Å². The van der Waals surface area contributed by atoms with Crippen molar-refractivity contribution >= 4 is 5.97 Å². The zero-order valence-electron chi connectivity index (χ0n) is 15.7. The van der Waals surface area contributed by atoms with Crippen molar-refractivity contribution in [3.63, 3.8) is 0 Å². The van der Waals surface area contributed by atoms with E-state index in [1.54, 1.807) is 0 Å². The zero-order valence-corrected chi connectivity index (χ0v) is 15.7. The van der Waals surface area contributed by atoms with Crippen molar-refractivity contribution in [3.05, 3.63) is 11.6 Å². The maximum Gasteiger partial charge on any atom is 0.328 e. The van der Waals surface area contributed by atoms with Gasteiger partial charge in [-0.15, -0.1) is 0 Å². The van der Waals surface area contributed by atoms with E-state index in [1.165, 1.54) is 83.1 Å². The number of carboxylic acid groups (broad SMARTS) is 1. The molecule has 0 fully saturated rings. The summed E-state index contributed by atoms with van der Waals surface area (Å²) >= 11 is 0. The molecular formula is C21H40O2. The fourth-order valence-corrected chi connectivity index (χ4v) is 3.06. The quantitative estimate of drug-likeness (QED) is 0.225. The van der Waals surface area contributed by atoms with Gasteiger partial charge in [-0.2, -0.15) is 0 Å². The minimum atomic E-state index is -0.773. The van der Waals surface area contributed by atoms with Gasteiger partial charge < -0.3 is 5.11 Å². The Balaban J connectivity index is 3.70. The smallest absolute Gasteiger partial charge is 0.328 e. The molecule has 23 heavy (non-hydrogen) atoms. The molecule has 0 bridgehead atoms. The normalized spacial score (nSPS) is 11.8. The van der Waals surface area contributed by atoms with Crippen LogP contribution in [0.2, 0.25) is 0 Å². The van der Waals surface area contributed by atoms with E-state index in [4.69, 9.17) is 5.11 Å². The largest absolute Gasteiger partial charge is 0.478 e. The molecule has 0 aromatic heterocycles. The summed E-state index contributed by atoms with van der Waals surface area (Å²) in [6.07, 6.45) is 21.5. The number of unbranched alkanes of at least 4 members (excludes halogenated alkanes) is 12. The van der Waals surface area contributed by atoms with Crippen LogP contribution in [-0.2, 0) is 4.79 Å². The van der Waals surface area contributed by atoms with Gasteiger partial charge in [0.1, 0.15) is 0 Å². The van der Waals surface area contributed by atoms with Crippen LogP contribution in [-0.4, -0.2) is 11.1 Å². The minimum absolute atomic E-state index is 0.773. The van der Waals surface area contributed by atoms with E-state index < -0.39 is 5.97 Å². The molecule has 0 saturated heterocycles. The summed E-state index contributed by atoms with van der Waals surface area (Å²) in [7, 11) is 0. The highest BCUT2D eigenvalue weighted by atomic mass is 16.4. The lowest BCUT2D eigenvalue weighted by Gasteiger charge is -2.07. The van der Waals surface area contributed by atoms with E-state index in [9.17, 15) is 4.79 Å². The second-order valence-corrected chi connectivity index (χ2v) is 6.88. The molecule has 2 heteroatoms. The highest BCUT2D eigenvalue weighted by molar-refractivity contribution is 5.80. The molecule has 0 aromatic carbocycles. The molecule has 0 aliphatic heterocycles. The molecule has 0 atom stereocenters. The van der Waals surface area contributed by atoms with Gasteiger partial charge in [-0.1, -0.05) is 96.5 Å². The summed E-state index contributed by atoms with van der Waals surface area (Å²) < 4.78 is 0. The van der Waals surface area contributed by atoms with Crippen LogP contribution in [0.5, 0.6) is 0 Å². The van der Waals surface area contributed by atoms with Crippen molar-refractivity contribution < 1.29 is 9.90 Å². The van der Waals surface area contributed by atoms with Gasteiger partial charge in [0, 0.05) is 6.08 Å². The first-order valence-electron chi connectivity index (χ1n) is 10.1. The molecule has 1 N–H and O–H groups in total. The van der Waals surface area contributed by atoms with Crippen LogP contribution < -0.4 is 0 Å². The van der Waals surface area contributed by atoms with Gasteiger partial charge in [0.2, 0.25) is 0 Å². The molecule has 136 valence electrons. The lowest BCUT2D eigenvalue weighted by molar-refractivity contribution is -0.131. The van der Waals surface area contributed by atoms with Crippen LogP contribution in [0.4, 0.5) is 0 Å². The monoisotopic (exact) mass is 324 g/mol. The van der Waals surface area contributed by atoms with Crippen LogP contribution in [0.25, 0.3) is 0 Å². The fourth-order valence-electron chi connectivity index (χ4n) is 3.06. The first-order chi connectivity index (χ1) is 11.2. The minimum Gasteiger partial charge on any atom is -0.478 e. The molecular weight excluding hydrogens is 284 g/mol. The van der Waals surface area contributed by atoms with E-state index in [0.29, 0.717) is 0 Å². The van der Waals surface area contributed by atoms with Crippen molar-refractivity contribution in [1.82, 2.24) is 0 Å².